The van der Waals surface area contributed by atoms with Crippen molar-refractivity contribution in [2.75, 3.05) is 19.6 Å². The van der Waals surface area contributed by atoms with Gasteiger partial charge >= 0.3 is 0 Å². The molecule has 0 spiro atoms. The molecule has 1 aromatic rings. The molecule has 1 unspecified atom stereocenters. The predicted octanol–water partition coefficient (Wildman–Crippen LogP) is 2.63. The SMILES string of the molecule is CC(=O)N1CCC(NCC(O)c2ccc(Cl)cc2Cl)CC1. The third-order valence-electron chi connectivity index (χ3n) is 3.86. The third-order valence-corrected chi connectivity index (χ3v) is 4.42. The molecule has 1 amide bonds. The van der Waals surface area contributed by atoms with E-state index in [1.165, 1.54) is 0 Å². The van der Waals surface area contributed by atoms with Crippen LogP contribution in [0.3, 0.4) is 0 Å². The van der Waals surface area contributed by atoms with E-state index in [1.807, 2.05) is 4.90 Å². The molecule has 6 heteroatoms. The van der Waals surface area contributed by atoms with E-state index in [0.29, 0.717) is 28.2 Å². The van der Waals surface area contributed by atoms with Crippen LogP contribution in [0.5, 0.6) is 0 Å². The van der Waals surface area contributed by atoms with Gasteiger partial charge in [0.15, 0.2) is 0 Å². The van der Waals surface area contributed by atoms with Crippen molar-refractivity contribution in [1.29, 1.82) is 0 Å². The van der Waals surface area contributed by atoms with Gasteiger partial charge < -0.3 is 15.3 Å². The first-order valence-corrected chi connectivity index (χ1v) is 7.85. The van der Waals surface area contributed by atoms with E-state index in [-0.39, 0.29) is 5.91 Å². The van der Waals surface area contributed by atoms with Gasteiger partial charge in [0.05, 0.1) is 6.10 Å². The molecule has 0 bridgehead atoms. The van der Waals surface area contributed by atoms with Gasteiger partial charge in [-0.3, -0.25) is 4.79 Å². The minimum absolute atomic E-state index is 0.126. The molecule has 0 saturated carbocycles. The van der Waals surface area contributed by atoms with Crippen LogP contribution in [0.4, 0.5) is 0 Å². The summed E-state index contributed by atoms with van der Waals surface area (Å²) in [4.78, 5) is 13.1. The summed E-state index contributed by atoms with van der Waals surface area (Å²) in [6.45, 7) is 3.57. The lowest BCUT2D eigenvalue weighted by Gasteiger charge is -2.32. The van der Waals surface area contributed by atoms with Gasteiger partial charge in [-0.2, -0.15) is 0 Å². The fourth-order valence-corrected chi connectivity index (χ4v) is 3.09. The van der Waals surface area contributed by atoms with Crippen LogP contribution in [0, 0.1) is 0 Å². The zero-order valence-corrected chi connectivity index (χ0v) is 13.5. The summed E-state index contributed by atoms with van der Waals surface area (Å²) >= 11 is 11.9. The second-order valence-electron chi connectivity index (χ2n) is 5.37. The topological polar surface area (TPSA) is 52.6 Å². The number of benzene rings is 1. The van der Waals surface area contributed by atoms with Crippen molar-refractivity contribution in [2.24, 2.45) is 0 Å². The monoisotopic (exact) mass is 330 g/mol. The van der Waals surface area contributed by atoms with Gasteiger partial charge in [0.2, 0.25) is 5.91 Å². The molecule has 21 heavy (non-hydrogen) atoms. The standard InChI is InChI=1S/C15H20Cl2N2O2/c1-10(20)19-6-4-12(5-7-19)18-9-15(21)13-3-2-11(16)8-14(13)17/h2-3,8,12,15,18,21H,4-7,9H2,1H3. The summed E-state index contributed by atoms with van der Waals surface area (Å²) in [6, 6.07) is 5.42. The molecule has 1 saturated heterocycles. The summed E-state index contributed by atoms with van der Waals surface area (Å²) in [7, 11) is 0. The highest BCUT2D eigenvalue weighted by molar-refractivity contribution is 6.35. The highest BCUT2D eigenvalue weighted by atomic mass is 35.5. The number of halogens is 2. The summed E-state index contributed by atoms with van der Waals surface area (Å²) in [6.07, 6.45) is 1.14. The summed E-state index contributed by atoms with van der Waals surface area (Å²) < 4.78 is 0. The Balaban J connectivity index is 1.82. The van der Waals surface area contributed by atoms with Gasteiger partial charge in [-0.1, -0.05) is 29.3 Å². The van der Waals surface area contributed by atoms with Crippen molar-refractivity contribution in [3.8, 4) is 0 Å². The van der Waals surface area contributed by atoms with E-state index in [0.717, 1.165) is 25.9 Å². The normalized spacial score (nSPS) is 17.8. The number of hydrogen-bond donors (Lipinski definition) is 2. The Bertz CT molecular complexity index is 502. The van der Waals surface area contributed by atoms with Crippen molar-refractivity contribution in [3.63, 3.8) is 0 Å². The molecule has 1 fully saturated rings. The van der Waals surface area contributed by atoms with Crippen molar-refractivity contribution >= 4 is 29.1 Å². The zero-order valence-electron chi connectivity index (χ0n) is 12.0. The zero-order chi connectivity index (χ0) is 15.4. The van der Waals surface area contributed by atoms with E-state index in [1.54, 1.807) is 25.1 Å². The van der Waals surface area contributed by atoms with Crippen molar-refractivity contribution in [3.05, 3.63) is 33.8 Å². The fraction of sp³-hybridized carbons (Fsp3) is 0.533. The van der Waals surface area contributed by atoms with Crippen LogP contribution in [-0.4, -0.2) is 41.6 Å². The minimum atomic E-state index is -0.666. The lowest BCUT2D eigenvalue weighted by atomic mass is 10.0. The van der Waals surface area contributed by atoms with Crippen LogP contribution in [0.1, 0.15) is 31.4 Å². The summed E-state index contributed by atoms with van der Waals surface area (Å²) in [5.41, 5.74) is 0.676. The molecule has 1 atom stereocenters. The predicted molar refractivity (Wildman–Crippen MR) is 84.7 cm³/mol. The van der Waals surface area contributed by atoms with Crippen LogP contribution in [0.25, 0.3) is 0 Å². The Labute approximate surface area is 135 Å². The molecular weight excluding hydrogens is 311 g/mol. The average molecular weight is 331 g/mol. The first-order chi connectivity index (χ1) is 9.97. The van der Waals surface area contributed by atoms with E-state index in [4.69, 9.17) is 23.2 Å². The Kier molecular flexibility index (Phi) is 5.88. The molecule has 0 aliphatic carbocycles. The maximum Gasteiger partial charge on any atom is 0.219 e. The maximum atomic E-state index is 11.3. The molecule has 2 rings (SSSR count). The van der Waals surface area contributed by atoms with Gasteiger partial charge in [-0.25, -0.2) is 0 Å². The average Bonchev–Trinajstić information content (AvgIpc) is 2.45. The third kappa shape index (κ3) is 4.58. The van der Waals surface area contributed by atoms with Crippen LogP contribution >= 0.6 is 23.2 Å². The number of carbonyl (C=O) groups is 1. The van der Waals surface area contributed by atoms with Crippen molar-refractivity contribution in [2.45, 2.75) is 31.9 Å². The molecule has 1 aliphatic rings. The first kappa shape index (κ1) is 16.6. The lowest BCUT2D eigenvalue weighted by Crippen LogP contribution is -2.45. The van der Waals surface area contributed by atoms with Gasteiger partial charge in [0, 0.05) is 48.2 Å². The number of hydrogen-bond acceptors (Lipinski definition) is 3. The van der Waals surface area contributed by atoms with Gasteiger partial charge in [0.25, 0.3) is 0 Å². The molecule has 1 aromatic carbocycles. The Morgan fingerprint density at radius 2 is 2.10 bits per heavy atom. The summed E-state index contributed by atoms with van der Waals surface area (Å²) in [5.74, 6) is 0.126. The van der Waals surface area contributed by atoms with Crippen molar-refractivity contribution in [1.82, 2.24) is 10.2 Å². The van der Waals surface area contributed by atoms with Crippen LogP contribution < -0.4 is 5.32 Å². The second-order valence-corrected chi connectivity index (χ2v) is 6.21. The Hall–Kier alpha value is -0.810. The van der Waals surface area contributed by atoms with Crippen molar-refractivity contribution < 1.29 is 9.90 Å². The van der Waals surface area contributed by atoms with E-state index in [9.17, 15) is 9.90 Å². The second kappa shape index (κ2) is 7.45. The van der Waals surface area contributed by atoms with E-state index >= 15 is 0 Å². The largest absolute Gasteiger partial charge is 0.387 e. The van der Waals surface area contributed by atoms with Gasteiger partial charge in [-0.05, 0) is 25.0 Å². The molecule has 116 valence electrons. The Morgan fingerprint density at radius 3 is 2.67 bits per heavy atom. The number of nitrogens with zero attached hydrogens (tertiary/aromatic N) is 1. The maximum absolute atomic E-state index is 11.3. The number of aliphatic hydroxyl groups is 1. The number of amides is 1. The highest BCUT2D eigenvalue weighted by Crippen LogP contribution is 2.26. The first-order valence-electron chi connectivity index (χ1n) is 7.09. The fourth-order valence-electron chi connectivity index (χ4n) is 2.56. The number of nitrogens with one attached hydrogen (secondary N) is 1. The van der Waals surface area contributed by atoms with Gasteiger partial charge in [0.1, 0.15) is 0 Å². The van der Waals surface area contributed by atoms with E-state index in [2.05, 4.69) is 5.32 Å². The number of aliphatic hydroxyl groups excluding tert-OH is 1. The quantitative estimate of drug-likeness (QED) is 0.892. The number of carbonyl (C=O) groups excluding carboxylic acids is 1. The highest BCUT2D eigenvalue weighted by Gasteiger charge is 2.21. The van der Waals surface area contributed by atoms with Crippen LogP contribution in [-0.2, 0) is 4.79 Å². The Morgan fingerprint density at radius 1 is 1.43 bits per heavy atom. The number of rotatable bonds is 4. The lowest BCUT2D eigenvalue weighted by molar-refractivity contribution is -0.129. The smallest absolute Gasteiger partial charge is 0.219 e. The molecule has 1 heterocycles. The van der Waals surface area contributed by atoms with Crippen LogP contribution in [0.2, 0.25) is 10.0 Å². The molecule has 1 aliphatic heterocycles. The molecule has 0 radical (unpaired) electrons. The minimum Gasteiger partial charge on any atom is -0.387 e. The van der Waals surface area contributed by atoms with E-state index < -0.39 is 6.10 Å². The van der Waals surface area contributed by atoms with Crippen LogP contribution in [0.15, 0.2) is 18.2 Å². The van der Waals surface area contributed by atoms with Gasteiger partial charge in [-0.15, -0.1) is 0 Å². The summed E-state index contributed by atoms with van der Waals surface area (Å²) in [5, 5.41) is 14.6. The number of likely N-dealkylation sites (tertiary alicyclic amines) is 1. The molecule has 2 N–H and O–H groups in total. The molecule has 0 aromatic heterocycles. The molecular formula is C15H20Cl2N2O2. The number of piperidine rings is 1. The molecule has 4 nitrogen and oxygen atoms in total.